The van der Waals surface area contributed by atoms with E-state index in [4.69, 9.17) is 9.05 Å². The number of hydrogen-bond acceptors (Lipinski definition) is 3. The largest absolute Gasteiger partial charge is 0.460 e. The van der Waals surface area contributed by atoms with Crippen LogP contribution in [0.3, 0.4) is 0 Å². The third kappa shape index (κ3) is 3.18. The topological polar surface area (TPSA) is 38.7 Å². The van der Waals surface area contributed by atoms with Crippen molar-refractivity contribution in [3.63, 3.8) is 0 Å². The minimum Gasteiger partial charge on any atom is -0.418 e. The van der Waals surface area contributed by atoms with E-state index in [1.165, 1.54) is 0 Å². The molecule has 0 atom stereocenters. The zero-order chi connectivity index (χ0) is 16.4. The summed E-state index contributed by atoms with van der Waals surface area (Å²) in [4.78, 5) is 10.1. The van der Waals surface area contributed by atoms with Gasteiger partial charge in [0, 0.05) is 0 Å². The molecule has 1 N–H and O–H groups in total. The maximum atomic E-state index is 10.1. The molecule has 0 aliphatic carbocycles. The molecule has 4 aromatic rings. The van der Waals surface area contributed by atoms with Gasteiger partial charge in [0.1, 0.15) is 11.5 Å². The molecule has 24 heavy (non-hydrogen) atoms. The van der Waals surface area contributed by atoms with Crippen LogP contribution in [0.2, 0.25) is 0 Å². The van der Waals surface area contributed by atoms with Crippen molar-refractivity contribution in [2.75, 3.05) is 0 Å². The smallest absolute Gasteiger partial charge is 0.418 e. The average Bonchev–Trinajstić information content (AvgIpc) is 2.61. The van der Waals surface area contributed by atoms with E-state index in [9.17, 15) is 4.89 Å². The minimum absolute atomic E-state index is 0.586. The van der Waals surface area contributed by atoms with Crippen molar-refractivity contribution < 1.29 is 13.9 Å². The number of hydrogen-bond donors (Lipinski definition) is 1. The van der Waals surface area contributed by atoms with Crippen LogP contribution in [-0.2, 0) is 0 Å². The molecule has 4 heteroatoms. The van der Waals surface area contributed by atoms with Crippen molar-refractivity contribution >= 4 is 30.1 Å². The second-order valence-electron chi connectivity index (χ2n) is 5.44. The zero-order valence-corrected chi connectivity index (χ0v) is 13.7. The van der Waals surface area contributed by atoms with Crippen molar-refractivity contribution in [3.8, 4) is 11.5 Å². The van der Waals surface area contributed by atoms with Crippen LogP contribution in [0, 0.1) is 0 Å². The summed E-state index contributed by atoms with van der Waals surface area (Å²) in [7, 11) is -2.04. The first-order valence-electron chi connectivity index (χ1n) is 7.60. The van der Waals surface area contributed by atoms with E-state index in [1.54, 1.807) is 0 Å². The summed E-state index contributed by atoms with van der Waals surface area (Å²) < 4.78 is 11.1. The third-order valence-electron chi connectivity index (χ3n) is 3.81. The van der Waals surface area contributed by atoms with E-state index in [-0.39, 0.29) is 0 Å². The monoisotopic (exact) mass is 334 g/mol. The first-order chi connectivity index (χ1) is 11.8. The Hall–Kier alpha value is -2.61. The van der Waals surface area contributed by atoms with Crippen molar-refractivity contribution in [2.24, 2.45) is 0 Å². The predicted octanol–water partition coefficient (Wildman–Crippen LogP) is 5.67. The molecule has 0 aliphatic rings. The molecule has 3 nitrogen and oxygen atoms in total. The Labute approximate surface area is 141 Å². The van der Waals surface area contributed by atoms with Gasteiger partial charge in [0.05, 0.1) is 0 Å². The second kappa shape index (κ2) is 6.48. The minimum atomic E-state index is -2.04. The van der Waals surface area contributed by atoms with Crippen molar-refractivity contribution in [1.29, 1.82) is 0 Å². The summed E-state index contributed by atoms with van der Waals surface area (Å²) in [5.74, 6) is 1.17. The van der Waals surface area contributed by atoms with E-state index < -0.39 is 8.60 Å². The van der Waals surface area contributed by atoms with Crippen LogP contribution < -0.4 is 9.05 Å². The predicted molar refractivity (Wildman–Crippen MR) is 98.3 cm³/mol. The molecule has 0 fully saturated rings. The highest BCUT2D eigenvalue weighted by atomic mass is 31.2. The highest BCUT2D eigenvalue weighted by molar-refractivity contribution is 7.41. The summed E-state index contributed by atoms with van der Waals surface area (Å²) >= 11 is 0. The molecule has 4 aromatic carbocycles. The quantitative estimate of drug-likeness (QED) is 0.489. The van der Waals surface area contributed by atoms with Gasteiger partial charge < -0.3 is 13.9 Å². The normalized spacial score (nSPS) is 11.1. The lowest BCUT2D eigenvalue weighted by atomic mass is 10.1. The van der Waals surface area contributed by atoms with Crippen LogP contribution in [0.15, 0.2) is 84.9 Å². The fourth-order valence-corrected chi connectivity index (χ4v) is 3.27. The maximum absolute atomic E-state index is 10.1. The van der Waals surface area contributed by atoms with Crippen LogP contribution in [0.4, 0.5) is 0 Å². The average molecular weight is 334 g/mol. The Morgan fingerprint density at radius 1 is 0.542 bits per heavy atom. The SMILES string of the molecule is OP(Oc1ccc2ccccc2c1)Oc1ccc2ccccc2c1. The molecule has 0 bridgehead atoms. The van der Waals surface area contributed by atoms with Gasteiger partial charge >= 0.3 is 8.60 Å². The molecule has 0 aromatic heterocycles. The van der Waals surface area contributed by atoms with Crippen LogP contribution >= 0.6 is 8.60 Å². The zero-order valence-electron chi connectivity index (χ0n) is 12.8. The van der Waals surface area contributed by atoms with Gasteiger partial charge in [-0.05, 0) is 45.8 Å². The van der Waals surface area contributed by atoms with Crippen molar-refractivity contribution in [3.05, 3.63) is 84.9 Å². The molecular formula is C20H15O3P. The number of rotatable bonds is 4. The van der Waals surface area contributed by atoms with Crippen LogP contribution in [0.5, 0.6) is 11.5 Å². The molecular weight excluding hydrogens is 319 g/mol. The van der Waals surface area contributed by atoms with Gasteiger partial charge in [0.15, 0.2) is 0 Å². The summed E-state index contributed by atoms with van der Waals surface area (Å²) in [6, 6.07) is 27.4. The molecule has 0 spiro atoms. The van der Waals surface area contributed by atoms with Crippen LogP contribution in [0.25, 0.3) is 21.5 Å². The third-order valence-corrected chi connectivity index (χ3v) is 4.54. The molecule has 0 saturated heterocycles. The van der Waals surface area contributed by atoms with Gasteiger partial charge in [0.2, 0.25) is 0 Å². The van der Waals surface area contributed by atoms with Crippen molar-refractivity contribution in [2.45, 2.75) is 0 Å². The molecule has 0 radical (unpaired) electrons. The van der Waals surface area contributed by atoms with Gasteiger partial charge in [-0.1, -0.05) is 60.7 Å². The van der Waals surface area contributed by atoms with E-state index in [0.29, 0.717) is 11.5 Å². The maximum Gasteiger partial charge on any atom is 0.460 e. The first-order valence-corrected chi connectivity index (χ1v) is 8.73. The first kappa shape index (κ1) is 14.9. The number of fused-ring (bicyclic) bond motifs is 2. The fraction of sp³-hybridized carbons (Fsp3) is 0. The van der Waals surface area contributed by atoms with E-state index in [0.717, 1.165) is 21.5 Å². The molecule has 118 valence electrons. The Morgan fingerprint density at radius 2 is 0.958 bits per heavy atom. The van der Waals surface area contributed by atoms with Gasteiger partial charge in [-0.25, -0.2) is 0 Å². The van der Waals surface area contributed by atoms with Crippen LogP contribution in [0.1, 0.15) is 0 Å². The fourth-order valence-electron chi connectivity index (χ4n) is 2.65. The van der Waals surface area contributed by atoms with Gasteiger partial charge in [-0.15, -0.1) is 0 Å². The number of benzene rings is 4. The van der Waals surface area contributed by atoms with Gasteiger partial charge in [-0.2, -0.15) is 0 Å². The summed E-state index contributed by atoms with van der Waals surface area (Å²) in [5, 5.41) is 4.37. The molecule has 0 heterocycles. The van der Waals surface area contributed by atoms with Crippen LogP contribution in [-0.4, -0.2) is 4.89 Å². The Bertz CT molecular complexity index is 919. The Morgan fingerprint density at radius 3 is 1.42 bits per heavy atom. The molecule has 0 saturated carbocycles. The van der Waals surface area contributed by atoms with Gasteiger partial charge in [-0.3, -0.25) is 0 Å². The highest BCUT2D eigenvalue weighted by Gasteiger charge is 2.12. The Kier molecular flexibility index (Phi) is 4.04. The highest BCUT2D eigenvalue weighted by Crippen LogP contribution is 2.38. The standard InChI is InChI=1S/C20H15O3P/c21-24(22-19-11-9-15-5-1-3-7-17(15)13-19)23-20-12-10-16-6-2-4-8-18(16)14-20/h1-14,21H. The van der Waals surface area contributed by atoms with Crippen molar-refractivity contribution in [1.82, 2.24) is 0 Å². The van der Waals surface area contributed by atoms with Gasteiger partial charge in [0.25, 0.3) is 0 Å². The molecule has 4 rings (SSSR count). The van der Waals surface area contributed by atoms with E-state index in [1.807, 2.05) is 84.9 Å². The summed E-state index contributed by atoms with van der Waals surface area (Å²) in [6.07, 6.45) is 0. The second-order valence-corrected chi connectivity index (χ2v) is 6.28. The lowest BCUT2D eigenvalue weighted by Gasteiger charge is -2.13. The molecule has 0 aliphatic heterocycles. The van der Waals surface area contributed by atoms with E-state index in [2.05, 4.69) is 0 Å². The lowest BCUT2D eigenvalue weighted by Crippen LogP contribution is -1.94. The Balaban J connectivity index is 1.51. The summed E-state index contributed by atoms with van der Waals surface area (Å²) in [6.45, 7) is 0. The molecule has 0 unspecified atom stereocenters. The van der Waals surface area contributed by atoms with E-state index >= 15 is 0 Å². The summed E-state index contributed by atoms with van der Waals surface area (Å²) in [5.41, 5.74) is 0. The lowest BCUT2D eigenvalue weighted by molar-refractivity contribution is 0.382. The molecule has 0 amide bonds.